The molecule has 1 aromatic carbocycles. The van der Waals surface area contributed by atoms with Crippen LogP contribution in [0.5, 0.6) is 0 Å². The summed E-state index contributed by atoms with van der Waals surface area (Å²) < 4.78 is 1.34. The number of para-hydroxylation sites is 1. The molecule has 0 radical (unpaired) electrons. The van der Waals surface area contributed by atoms with E-state index in [4.69, 9.17) is 10.7 Å². The zero-order chi connectivity index (χ0) is 25.1. The van der Waals surface area contributed by atoms with Crippen LogP contribution in [-0.4, -0.2) is 27.0 Å². The molecule has 0 unspecified atom stereocenters. The zero-order valence-electron chi connectivity index (χ0n) is 20.1. The molecule has 182 valence electrons. The van der Waals surface area contributed by atoms with Crippen LogP contribution in [0.1, 0.15) is 44.0 Å². The molecule has 0 atom stereocenters. The van der Waals surface area contributed by atoms with Gasteiger partial charge in [0.1, 0.15) is 5.82 Å². The average Bonchev–Trinajstić information content (AvgIpc) is 3.37. The Bertz CT molecular complexity index is 1470. The van der Waals surface area contributed by atoms with E-state index in [0.717, 1.165) is 11.3 Å². The van der Waals surface area contributed by atoms with Crippen molar-refractivity contribution in [2.45, 2.75) is 40.2 Å². The zero-order valence-corrected chi connectivity index (χ0v) is 20.9. The van der Waals surface area contributed by atoms with Crippen LogP contribution in [0.3, 0.4) is 0 Å². The molecular weight excluding hydrogens is 462 g/mol. The number of H-pyrrole nitrogens is 1. The lowest BCUT2D eigenvalue weighted by Crippen LogP contribution is -2.42. The number of amides is 1. The molecule has 9 heteroatoms. The summed E-state index contributed by atoms with van der Waals surface area (Å²) in [6.07, 6.45) is 1.57. The highest BCUT2D eigenvalue weighted by Gasteiger charge is 2.28. The molecule has 0 fully saturated rings. The number of thiophene rings is 1. The second-order valence-corrected chi connectivity index (χ2v) is 9.81. The van der Waals surface area contributed by atoms with Gasteiger partial charge in [-0.05, 0) is 35.9 Å². The number of nitrogen functional groups attached to an aromatic ring is 1. The first kappa shape index (κ1) is 24.4. The summed E-state index contributed by atoms with van der Waals surface area (Å²) >= 11 is 1.54. The minimum Gasteiger partial charge on any atom is -0.383 e. The number of carbonyl (C=O) groups excluding carboxylic acids is 1. The summed E-state index contributed by atoms with van der Waals surface area (Å²) in [5.41, 5.74) is 6.91. The molecular formula is C26H29N5O3S. The Balaban J connectivity index is 1.93. The van der Waals surface area contributed by atoms with E-state index in [-0.39, 0.29) is 29.9 Å². The third kappa shape index (κ3) is 4.90. The smallest absolute Gasteiger partial charge is 0.330 e. The van der Waals surface area contributed by atoms with Crippen molar-refractivity contribution in [1.29, 1.82) is 0 Å². The van der Waals surface area contributed by atoms with Gasteiger partial charge < -0.3 is 10.6 Å². The molecule has 0 spiro atoms. The van der Waals surface area contributed by atoms with Crippen molar-refractivity contribution in [2.24, 2.45) is 5.92 Å². The van der Waals surface area contributed by atoms with Crippen LogP contribution in [0.25, 0.3) is 21.5 Å². The molecule has 0 saturated heterocycles. The number of anilines is 2. The number of fused-ring (bicyclic) bond motifs is 1. The maximum Gasteiger partial charge on any atom is 0.330 e. The van der Waals surface area contributed by atoms with Gasteiger partial charge in [0.05, 0.1) is 21.7 Å². The summed E-state index contributed by atoms with van der Waals surface area (Å²) in [4.78, 5) is 49.1. The molecule has 3 aromatic heterocycles. The quantitative estimate of drug-likeness (QED) is 0.377. The van der Waals surface area contributed by atoms with Crippen LogP contribution in [-0.2, 0) is 6.54 Å². The van der Waals surface area contributed by atoms with E-state index in [9.17, 15) is 14.4 Å². The molecule has 0 bridgehead atoms. The third-order valence-electron chi connectivity index (χ3n) is 5.73. The number of unbranched alkanes of at least 4 members (excludes halogenated alkanes) is 1. The first-order valence-electron chi connectivity index (χ1n) is 11.7. The van der Waals surface area contributed by atoms with Crippen molar-refractivity contribution >= 4 is 39.7 Å². The van der Waals surface area contributed by atoms with E-state index in [2.05, 4.69) is 4.98 Å². The minimum absolute atomic E-state index is 0.00181. The van der Waals surface area contributed by atoms with Gasteiger partial charge in [-0.25, -0.2) is 9.78 Å². The number of aromatic amines is 1. The molecule has 3 N–H and O–H groups in total. The second-order valence-electron chi connectivity index (χ2n) is 8.86. The predicted octanol–water partition coefficient (Wildman–Crippen LogP) is 4.50. The van der Waals surface area contributed by atoms with Crippen LogP contribution < -0.4 is 21.9 Å². The number of nitrogens with one attached hydrogen (secondary N) is 1. The van der Waals surface area contributed by atoms with E-state index < -0.39 is 11.2 Å². The number of hydrogen-bond donors (Lipinski definition) is 2. The maximum atomic E-state index is 14.1. The van der Waals surface area contributed by atoms with E-state index in [0.29, 0.717) is 35.1 Å². The van der Waals surface area contributed by atoms with Crippen molar-refractivity contribution in [3.8, 4) is 10.6 Å². The molecule has 8 nitrogen and oxygen atoms in total. The van der Waals surface area contributed by atoms with E-state index in [1.165, 1.54) is 20.8 Å². The number of hydrogen-bond acceptors (Lipinski definition) is 6. The van der Waals surface area contributed by atoms with Crippen molar-refractivity contribution in [2.75, 3.05) is 17.2 Å². The van der Waals surface area contributed by atoms with Crippen molar-refractivity contribution in [3.05, 3.63) is 74.2 Å². The predicted molar refractivity (Wildman–Crippen MR) is 142 cm³/mol. The van der Waals surface area contributed by atoms with Gasteiger partial charge in [0.25, 0.3) is 11.5 Å². The number of benzene rings is 1. The first-order chi connectivity index (χ1) is 16.8. The molecule has 1 amide bonds. The minimum atomic E-state index is -0.675. The Morgan fingerprint density at radius 1 is 1.20 bits per heavy atom. The largest absolute Gasteiger partial charge is 0.383 e. The van der Waals surface area contributed by atoms with Crippen molar-refractivity contribution in [1.82, 2.24) is 14.5 Å². The van der Waals surface area contributed by atoms with Gasteiger partial charge in [0, 0.05) is 18.5 Å². The molecule has 0 aliphatic carbocycles. The number of rotatable bonds is 8. The Hall–Kier alpha value is -3.72. The monoisotopic (exact) mass is 491 g/mol. The normalized spacial score (nSPS) is 11.3. The van der Waals surface area contributed by atoms with Gasteiger partial charge in [-0.1, -0.05) is 51.5 Å². The van der Waals surface area contributed by atoms with E-state index >= 15 is 0 Å². The lowest BCUT2D eigenvalue weighted by Gasteiger charge is -2.26. The Morgan fingerprint density at radius 2 is 1.97 bits per heavy atom. The molecule has 35 heavy (non-hydrogen) atoms. The van der Waals surface area contributed by atoms with Gasteiger partial charge in [-0.15, -0.1) is 11.3 Å². The molecule has 0 aliphatic heterocycles. The van der Waals surface area contributed by atoms with Crippen LogP contribution in [0.2, 0.25) is 0 Å². The van der Waals surface area contributed by atoms with Gasteiger partial charge >= 0.3 is 5.69 Å². The standard InChI is InChI=1S/C26H29N5O3S/c1-4-5-12-30-23(27)22(24(32)29-26(30)34)31(15-16(2)3)25(33)18-14-20(21-11-8-13-35-21)28-19-10-7-6-9-17(18)19/h6-11,13-14,16H,4-5,12,15,27H2,1-3H3,(H,29,32,34). The fraction of sp³-hybridized carbons (Fsp3) is 0.308. The van der Waals surface area contributed by atoms with Gasteiger partial charge in [0.2, 0.25) is 0 Å². The SMILES string of the molecule is CCCCn1c(N)c(N(CC(C)C)C(=O)c2cc(-c3cccs3)nc3ccccc23)c(=O)[nH]c1=O. The van der Waals surface area contributed by atoms with Crippen LogP contribution in [0.4, 0.5) is 11.5 Å². The molecule has 0 aliphatic rings. The van der Waals surface area contributed by atoms with E-state index in [1.54, 1.807) is 6.07 Å². The van der Waals surface area contributed by atoms with Crippen LogP contribution in [0, 0.1) is 5.92 Å². The van der Waals surface area contributed by atoms with Crippen molar-refractivity contribution < 1.29 is 4.79 Å². The maximum absolute atomic E-state index is 14.1. The third-order valence-corrected chi connectivity index (χ3v) is 6.62. The highest BCUT2D eigenvalue weighted by Crippen LogP contribution is 2.30. The summed E-state index contributed by atoms with van der Waals surface area (Å²) in [6.45, 7) is 6.53. The Kier molecular flexibility index (Phi) is 7.16. The van der Waals surface area contributed by atoms with Crippen LogP contribution >= 0.6 is 11.3 Å². The van der Waals surface area contributed by atoms with E-state index in [1.807, 2.05) is 62.5 Å². The lowest BCUT2D eigenvalue weighted by atomic mass is 10.0. The second kappa shape index (κ2) is 10.3. The summed E-state index contributed by atoms with van der Waals surface area (Å²) in [6, 6.07) is 13.1. The average molecular weight is 492 g/mol. The summed E-state index contributed by atoms with van der Waals surface area (Å²) in [5.74, 6) is -0.329. The molecule has 4 aromatic rings. The molecule has 4 rings (SSSR count). The number of pyridine rings is 1. The Morgan fingerprint density at radius 3 is 2.66 bits per heavy atom. The topological polar surface area (TPSA) is 114 Å². The lowest BCUT2D eigenvalue weighted by molar-refractivity contribution is 0.0985. The number of aromatic nitrogens is 3. The molecule has 0 saturated carbocycles. The highest BCUT2D eigenvalue weighted by molar-refractivity contribution is 7.13. The number of nitrogens with two attached hydrogens (primary N) is 1. The van der Waals surface area contributed by atoms with Gasteiger partial charge in [-0.2, -0.15) is 0 Å². The fourth-order valence-electron chi connectivity index (χ4n) is 4.07. The Labute approximate surface area is 207 Å². The highest BCUT2D eigenvalue weighted by atomic mass is 32.1. The first-order valence-corrected chi connectivity index (χ1v) is 12.6. The van der Waals surface area contributed by atoms with Crippen LogP contribution in [0.15, 0.2) is 57.4 Å². The van der Waals surface area contributed by atoms with Gasteiger partial charge in [0.15, 0.2) is 5.69 Å². The van der Waals surface area contributed by atoms with Crippen molar-refractivity contribution in [3.63, 3.8) is 0 Å². The number of nitrogens with zero attached hydrogens (tertiary/aromatic N) is 3. The number of carbonyl (C=O) groups is 1. The summed E-state index contributed by atoms with van der Waals surface area (Å²) in [7, 11) is 0. The fourth-order valence-corrected chi connectivity index (χ4v) is 4.75. The van der Waals surface area contributed by atoms with Gasteiger partial charge in [-0.3, -0.25) is 19.1 Å². The molecule has 3 heterocycles. The summed E-state index contributed by atoms with van der Waals surface area (Å²) in [5, 5.41) is 2.64.